The van der Waals surface area contributed by atoms with E-state index in [1.54, 1.807) is 0 Å². The van der Waals surface area contributed by atoms with E-state index in [0.29, 0.717) is 0 Å². The third-order valence-electron chi connectivity index (χ3n) is 1.77. The van der Waals surface area contributed by atoms with Crippen molar-refractivity contribution in [2.45, 2.75) is 56.0 Å². The monoisotopic (exact) mass is 305 g/mol. The molecule has 1 nitrogen and oxygen atoms in total. The van der Waals surface area contributed by atoms with Crippen LogP contribution in [0.1, 0.15) is 6.92 Å². The fourth-order valence-corrected chi connectivity index (χ4v) is 23.8. The molecule has 4 heteroatoms. The molecule has 1 radical (unpaired) electrons. The fourth-order valence-electron chi connectivity index (χ4n) is 1.56. The first-order valence-corrected chi connectivity index (χ1v) is 16.9. The summed E-state index contributed by atoms with van der Waals surface area (Å²) in [5, 5.41) is 0. The van der Waals surface area contributed by atoms with E-state index in [2.05, 4.69) is 45.9 Å². The first-order valence-electron chi connectivity index (χ1n) is 5.68. The number of hydrogen-bond acceptors (Lipinski definition) is 1. The van der Waals surface area contributed by atoms with Gasteiger partial charge in [0.15, 0.2) is 0 Å². The molecule has 15 heavy (non-hydrogen) atoms. The molecule has 0 aliphatic heterocycles. The first-order chi connectivity index (χ1) is 6.49. The summed E-state index contributed by atoms with van der Waals surface area (Å²) in [5.41, 5.74) is 0. The van der Waals surface area contributed by atoms with Crippen molar-refractivity contribution in [3.8, 4) is 0 Å². The average Bonchev–Trinajstić information content (AvgIpc) is 1.73. The van der Waals surface area contributed by atoms with Gasteiger partial charge in [-0.15, -0.1) is 0 Å². The Balaban J connectivity index is 4.39. The molecule has 0 aliphatic carbocycles. The molecule has 0 aliphatic rings. The number of allylic oxidation sites excluding steroid dienone is 1. The molecule has 0 atom stereocenters. The third-order valence-corrected chi connectivity index (χ3v) is 24.3. The fraction of sp³-hybridized carbons (Fsp3) is 0.818. The molecule has 89 valence electrons. The first kappa shape index (κ1) is 15.5. The van der Waals surface area contributed by atoms with Gasteiger partial charge in [-0.2, -0.15) is 0 Å². The third kappa shape index (κ3) is 10.8. The summed E-state index contributed by atoms with van der Waals surface area (Å²) in [7, 11) is -1.91. The molecular weight excluding hydrogens is 277 g/mol. The topological polar surface area (TPSA) is 9.23 Å². The molecule has 0 aromatic rings. The van der Waals surface area contributed by atoms with Gasteiger partial charge in [0.25, 0.3) is 0 Å². The van der Waals surface area contributed by atoms with Gasteiger partial charge in [-0.3, -0.25) is 0 Å². The predicted octanol–water partition coefficient (Wildman–Crippen LogP) is 4.28. The van der Waals surface area contributed by atoms with Crippen LogP contribution in [0.4, 0.5) is 0 Å². The van der Waals surface area contributed by atoms with Gasteiger partial charge in [0.2, 0.25) is 0 Å². The van der Waals surface area contributed by atoms with Gasteiger partial charge in [-0.05, 0) is 0 Å². The Labute approximate surface area is 103 Å². The van der Waals surface area contributed by atoms with Gasteiger partial charge in [0.05, 0.1) is 0 Å². The molecule has 0 unspecified atom stereocenters. The standard InChI is InChI=1S/C11H27GeOSi2/c1-11(2)13-12(9-14(3,4)5)10-15(6,7)8/h1,9-10H2,2-8H3. The van der Waals surface area contributed by atoms with Crippen molar-refractivity contribution < 1.29 is 3.76 Å². The SMILES string of the molecule is C=C(C)[O][Ge]([CH2][Si](C)(C)C)[CH2][Si](C)(C)C. The van der Waals surface area contributed by atoms with E-state index in [0.717, 1.165) is 5.76 Å². The van der Waals surface area contributed by atoms with E-state index in [-0.39, 0.29) is 0 Å². The van der Waals surface area contributed by atoms with Crippen molar-refractivity contribution in [2.75, 3.05) is 0 Å². The number of rotatable bonds is 6. The average molecular weight is 304 g/mol. The second-order valence-electron chi connectivity index (χ2n) is 6.82. The zero-order chi connectivity index (χ0) is 12.3. The van der Waals surface area contributed by atoms with Crippen molar-refractivity contribution in [1.82, 2.24) is 0 Å². The van der Waals surface area contributed by atoms with E-state index in [4.69, 9.17) is 3.76 Å². The van der Waals surface area contributed by atoms with Gasteiger partial charge in [-0.25, -0.2) is 0 Å². The van der Waals surface area contributed by atoms with Gasteiger partial charge in [0, 0.05) is 0 Å². The van der Waals surface area contributed by atoms with E-state index >= 15 is 0 Å². The molecule has 0 aromatic carbocycles. The zero-order valence-electron chi connectivity index (χ0n) is 11.5. The Morgan fingerprint density at radius 2 is 1.33 bits per heavy atom. The van der Waals surface area contributed by atoms with Crippen LogP contribution in [0, 0.1) is 0 Å². The van der Waals surface area contributed by atoms with Crippen LogP contribution in [0.5, 0.6) is 0 Å². The van der Waals surface area contributed by atoms with Crippen LogP contribution < -0.4 is 0 Å². The quantitative estimate of drug-likeness (QED) is 0.525. The number of hydrogen-bond donors (Lipinski definition) is 0. The molecule has 0 fully saturated rings. The van der Waals surface area contributed by atoms with E-state index in [9.17, 15) is 0 Å². The Morgan fingerprint density at radius 1 is 1.00 bits per heavy atom. The van der Waals surface area contributed by atoms with Crippen molar-refractivity contribution in [3.05, 3.63) is 12.3 Å². The predicted molar refractivity (Wildman–Crippen MR) is 78.0 cm³/mol. The molecule has 0 rings (SSSR count). The molecule has 0 N–H and O–H groups in total. The molecular formula is C11H27GeOSi2. The van der Waals surface area contributed by atoms with Crippen LogP contribution in [0.25, 0.3) is 0 Å². The van der Waals surface area contributed by atoms with Crippen molar-refractivity contribution >= 4 is 30.8 Å². The maximum absolute atomic E-state index is 6.04. The van der Waals surface area contributed by atoms with E-state index in [1.165, 1.54) is 9.75 Å². The van der Waals surface area contributed by atoms with Crippen LogP contribution in [-0.2, 0) is 3.76 Å². The summed E-state index contributed by atoms with van der Waals surface area (Å²) in [5.74, 6) is 0.946. The summed E-state index contributed by atoms with van der Waals surface area (Å²) >= 11 is -1.30. The Kier molecular flexibility index (Phi) is 5.93. The van der Waals surface area contributed by atoms with Crippen LogP contribution in [0.2, 0.25) is 49.0 Å². The summed E-state index contributed by atoms with van der Waals surface area (Å²) < 4.78 is 6.04. The Hall–Kier alpha value is 0.517. The molecule has 0 bridgehead atoms. The molecule has 0 aromatic heterocycles. The normalized spacial score (nSPS) is 13.1. The molecule has 0 amide bonds. The minimum absolute atomic E-state index is 0.946. The summed E-state index contributed by atoms with van der Waals surface area (Å²) in [6.45, 7) is 20.6. The van der Waals surface area contributed by atoms with Crippen molar-refractivity contribution in [1.29, 1.82) is 0 Å². The van der Waals surface area contributed by atoms with Gasteiger partial charge in [0.1, 0.15) is 0 Å². The Morgan fingerprint density at radius 3 is 1.53 bits per heavy atom. The summed E-state index contributed by atoms with van der Waals surface area (Å²) in [6.07, 6.45) is 0. The Bertz CT molecular complexity index is 200. The van der Waals surface area contributed by atoms with Gasteiger partial charge < -0.3 is 0 Å². The van der Waals surface area contributed by atoms with Crippen LogP contribution >= 0.6 is 0 Å². The van der Waals surface area contributed by atoms with Gasteiger partial charge >= 0.3 is 103 Å². The van der Waals surface area contributed by atoms with Crippen molar-refractivity contribution in [3.63, 3.8) is 0 Å². The second kappa shape index (κ2) is 5.73. The zero-order valence-corrected chi connectivity index (χ0v) is 15.6. The maximum atomic E-state index is 6.04. The van der Waals surface area contributed by atoms with Gasteiger partial charge in [-0.1, -0.05) is 0 Å². The molecule has 0 saturated heterocycles. The minimum atomic E-state index is -1.30. The second-order valence-corrected chi connectivity index (χ2v) is 24.9. The summed E-state index contributed by atoms with van der Waals surface area (Å²) in [6, 6.07) is 0. The van der Waals surface area contributed by atoms with E-state index < -0.39 is 30.8 Å². The van der Waals surface area contributed by atoms with Crippen LogP contribution in [-0.4, -0.2) is 30.8 Å². The van der Waals surface area contributed by atoms with E-state index in [1.807, 2.05) is 6.92 Å². The molecule has 0 spiro atoms. The van der Waals surface area contributed by atoms with Crippen LogP contribution in [0.3, 0.4) is 0 Å². The van der Waals surface area contributed by atoms with Crippen LogP contribution in [0.15, 0.2) is 12.3 Å². The molecule has 0 saturated carbocycles. The molecule has 0 heterocycles. The van der Waals surface area contributed by atoms with Crippen molar-refractivity contribution in [2.24, 2.45) is 0 Å². The summed E-state index contributed by atoms with van der Waals surface area (Å²) in [4.78, 5) is 2.84.